The lowest BCUT2D eigenvalue weighted by Crippen LogP contribution is -2.16. The molecule has 5 heteroatoms. The molecular formula is C11H10BrNO3. The molecule has 0 bridgehead atoms. The first-order valence-electron chi connectivity index (χ1n) is 4.85. The van der Waals surface area contributed by atoms with Gasteiger partial charge < -0.3 is 9.47 Å². The predicted molar refractivity (Wildman–Crippen MR) is 61.7 cm³/mol. The zero-order valence-electron chi connectivity index (χ0n) is 8.75. The number of rotatable bonds is 2. The van der Waals surface area contributed by atoms with Crippen LogP contribution in [0.1, 0.15) is 11.1 Å². The fraction of sp³-hybridized carbons (Fsp3) is 0.364. The van der Waals surface area contributed by atoms with Crippen molar-refractivity contribution >= 4 is 22.0 Å². The van der Waals surface area contributed by atoms with Crippen LogP contribution in [0, 0.1) is 6.92 Å². The van der Waals surface area contributed by atoms with E-state index in [0.29, 0.717) is 25.5 Å². The SMILES string of the molecule is Cc1c(Br)c(CN=C=O)cc2c1OCCO2. The summed E-state index contributed by atoms with van der Waals surface area (Å²) in [6, 6.07) is 1.84. The van der Waals surface area contributed by atoms with Gasteiger partial charge in [-0.25, -0.2) is 9.79 Å². The molecule has 1 aliphatic heterocycles. The summed E-state index contributed by atoms with van der Waals surface area (Å²) >= 11 is 3.46. The molecule has 0 radical (unpaired) electrons. The van der Waals surface area contributed by atoms with E-state index in [-0.39, 0.29) is 0 Å². The summed E-state index contributed by atoms with van der Waals surface area (Å²) in [6.07, 6.45) is 1.53. The normalized spacial score (nSPS) is 13.1. The van der Waals surface area contributed by atoms with Crippen molar-refractivity contribution < 1.29 is 14.3 Å². The van der Waals surface area contributed by atoms with Crippen LogP contribution in [0.25, 0.3) is 0 Å². The van der Waals surface area contributed by atoms with Crippen molar-refractivity contribution in [2.24, 2.45) is 4.99 Å². The second-order valence-electron chi connectivity index (χ2n) is 3.41. The van der Waals surface area contributed by atoms with Crippen LogP contribution in [-0.2, 0) is 11.3 Å². The van der Waals surface area contributed by atoms with E-state index in [2.05, 4.69) is 20.9 Å². The van der Waals surface area contributed by atoms with E-state index in [1.807, 2.05) is 13.0 Å². The van der Waals surface area contributed by atoms with Crippen molar-refractivity contribution in [3.05, 3.63) is 21.7 Å². The number of carbonyl (C=O) groups excluding carboxylic acids is 1. The number of hydrogen-bond acceptors (Lipinski definition) is 4. The second kappa shape index (κ2) is 4.68. The maximum Gasteiger partial charge on any atom is 0.235 e. The maximum absolute atomic E-state index is 10.1. The van der Waals surface area contributed by atoms with Gasteiger partial charge in [0.15, 0.2) is 11.5 Å². The highest BCUT2D eigenvalue weighted by atomic mass is 79.9. The second-order valence-corrected chi connectivity index (χ2v) is 4.20. The average Bonchev–Trinajstić information content (AvgIpc) is 2.32. The largest absolute Gasteiger partial charge is 0.486 e. The third kappa shape index (κ3) is 1.96. The molecule has 0 N–H and O–H groups in total. The van der Waals surface area contributed by atoms with Crippen LogP contribution >= 0.6 is 15.9 Å². The molecular weight excluding hydrogens is 274 g/mol. The number of ether oxygens (including phenoxy) is 2. The van der Waals surface area contributed by atoms with Crippen molar-refractivity contribution in [3.8, 4) is 11.5 Å². The van der Waals surface area contributed by atoms with Crippen molar-refractivity contribution in [2.45, 2.75) is 13.5 Å². The summed E-state index contributed by atoms with van der Waals surface area (Å²) in [5.41, 5.74) is 1.86. The summed E-state index contributed by atoms with van der Waals surface area (Å²) in [5.74, 6) is 1.47. The van der Waals surface area contributed by atoms with Crippen LogP contribution in [0.3, 0.4) is 0 Å². The summed E-state index contributed by atoms with van der Waals surface area (Å²) in [6.45, 7) is 3.34. The zero-order chi connectivity index (χ0) is 11.5. The molecule has 0 fully saturated rings. The quantitative estimate of drug-likeness (QED) is 0.618. The lowest BCUT2D eigenvalue weighted by Gasteiger charge is -2.22. The molecule has 4 nitrogen and oxygen atoms in total. The lowest BCUT2D eigenvalue weighted by molar-refractivity contribution is 0.170. The van der Waals surface area contributed by atoms with Crippen molar-refractivity contribution in [1.82, 2.24) is 0 Å². The summed E-state index contributed by atoms with van der Waals surface area (Å²) < 4.78 is 11.9. The molecule has 1 aromatic carbocycles. The number of halogens is 1. The third-order valence-corrected chi connectivity index (χ3v) is 3.49. The summed E-state index contributed by atoms with van der Waals surface area (Å²) in [4.78, 5) is 13.7. The fourth-order valence-corrected chi connectivity index (χ4v) is 2.05. The van der Waals surface area contributed by atoms with Gasteiger partial charge in [0.2, 0.25) is 6.08 Å². The highest BCUT2D eigenvalue weighted by molar-refractivity contribution is 9.10. The molecule has 0 atom stereocenters. The van der Waals surface area contributed by atoms with E-state index in [1.54, 1.807) is 0 Å². The number of aliphatic imine (C=N–C) groups is 1. The Bertz CT molecular complexity index is 467. The first-order valence-corrected chi connectivity index (χ1v) is 5.64. The van der Waals surface area contributed by atoms with Gasteiger partial charge in [0.05, 0.1) is 6.54 Å². The Hall–Kier alpha value is -1.32. The molecule has 0 saturated carbocycles. The number of hydrogen-bond donors (Lipinski definition) is 0. The first kappa shape index (κ1) is 11.2. The standard InChI is InChI=1S/C11H10BrNO3/c1-7-10(12)8(5-13-6-14)4-9-11(7)16-3-2-15-9/h4H,2-3,5H2,1H3. The predicted octanol–water partition coefficient (Wildman–Crippen LogP) is 2.36. The molecule has 0 amide bonds. The van der Waals surface area contributed by atoms with Gasteiger partial charge in [0, 0.05) is 10.0 Å². The van der Waals surface area contributed by atoms with Gasteiger partial charge in [-0.05, 0) is 18.6 Å². The van der Waals surface area contributed by atoms with E-state index >= 15 is 0 Å². The Labute approximate surface area is 101 Å². The topological polar surface area (TPSA) is 47.9 Å². The van der Waals surface area contributed by atoms with Gasteiger partial charge in [-0.2, -0.15) is 0 Å². The molecule has 0 unspecified atom stereocenters. The Morgan fingerprint density at radius 3 is 3.00 bits per heavy atom. The minimum atomic E-state index is 0.293. The number of nitrogens with zero attached hydrogens (tertiary/aromatic N) is 1. The lowest BCUT2D eigenvalue weighted by atomic mass is 10.1. The zero-order valence-corrected chi connectivity index (χ0v) is 10.3. The summed E-state index contributed by atoms with van der Waals surface area (Å²) in [5, 5.41) is 0. The monoisotopic (exact) mass is 283 g/mol. The van der Waals surface area contributed by atoms with Crippen LogP contribution in [0.2, 0.25) is 0 Å². The van der Waals surface area contributed by atoms with Crippen LogP contribution in [0.15, 0.2) is 15.5 Å². The van der Waals surface area contributed by atoms with E-state index in [4.69, 9.17) is 9.47 Å². The highest BCUT2D eigenvalue weighted by Crippen LogP contribution is 2.40. The van der Waals surface area contributed by atoms with Crippen LogP contribution in [0.5, 0.6) is 11.5 Å². The van der Waals surface area contributed by atoms with Crippen molar-refractivity contribution in [2.75, 3.05) is 13.2 Å². The Morgan fingerprint density at radius 2 is 2.25 bits per heavy atom. The minimum absolute atomic E-state index is 0.293. The third-order valence-electron chi connectivity index (χ3n) is 2.38. The molecule has 0 saturated heterocycles. The Morgan fingerprint density at radius 1 is 1.50 bits per heavy atom. The first-order chi connectivity index (χ1) is 7.74. The van der Waals surface area contributed by atoms with Crippen LogP contribution in [0.4, 0.5) is 0 Å². The molecule has 84 valence electrons. The smallest absolute Gasteiger partial charge is 0.235 e. The van der Waals surface area contributed by atoms with E-state index in [0.717, 1.165) is 21.3 Å². The van der Waals surface area contributed by atoms with Crippen molar-refractivity contribution in [1.29, 1.82) is 0 Å². The molecule has 16 heavy (non-hydrogen) atoms. The molecule has 1 heterocycles. The Kier molecular flexibility index (Phi) is 3.27. The van der Waals surface area contributed by atoms with Gasteiger partial charge in [0.25, 0.3) is 0 Å². The van der Waals surface area contributed by atoms with Gasteiger partial charge in [-0.1, -0.05) is 15.9 Å². The Balaban J connectivity index is 2.47. The molecule has 0 spiro atoms. The average molecular weight is 284 g/mol. The van der Waals surface area contributed by atoms with E-state index < -0.39 is 0 Å². The van der Waals surface area contributed by atoms with Gasteiger partial charge in [-0.3, -0.25) is 0 Å². The van der Waals surface area contributed by atoms with Gasteiger partial charge in [0.1, 0.15) is 13.2 Å². The van der Waals surface area contributed by atoms with E-state index in [1.165, 1.54) is 6.08 Å². The number of benzene rings is 1. The molecule has 1 aliphatic rings. The number of isocyanates is 1. The maximum atomic E-state index is 10.1. The highest BCUT2D eigenvalue weighted by Gasteiger charge is 2.18. The van der Waals surface area contributed by atoms with Crippen LogP contribution < -0.4 is 9.47 Å². The fourth-order valence-electron chi connectivity index (χ4n) is 1.63. The number of fused-ring (bicyclic) bond motifs is 1. The van der Waals surface area contributed by atoms with Gasteiger partial charge >= 0.3 is 0 Å². The van der Waals surface area contributed by atoms with E-state index in [9.17, 15) is 4.79 Å². The van der Waals surface area contributed by atoms with Crippen LogP contribution in [-0.4, -0.2) is 19.3 Å². The van der Waals surface area contributed by atoms with Crippen molar-refractivity contribution in [3.63, 3.8) is 0 Å². The summed E-state index contributed by atoms with van der Waals surface area (Å²) in [7, 11) is 0. The molecule has 1 aromatic rings. The molecule has 0 aliphatic carbocycles. The molecule has 2 rings (SSSR count). The van der Waals surface area contributed by atoms with Gasteiger partial charge in [-0.15, -0.1) is 0 Å². The molecule has 0 aromatic heterocycles. The minimum Gasteiger partial charge on any atom is -0.486 e.